The molecule has 0 spiro atoms. The van der Waals surface area contributed by atoms with Crippen LogP contribution in [0.5, 0.6) is 0 Å². The summed E-state index contributed by atoms with van der Waals surface area (Å²) >= 11 is 0. The largest absolute Gasteiger partial charge is 0.360 e. The van der Waals surface area contributed by atoms with Crippen LogP contribution in [-0.2, 0) is 0 Å². The van der Waals surface area contributed by atoms with Crippen molar-refractivity contribution in [3.8, 4) is 0 Å². The van der Waals surface area contributed by atoms with Crippen molar-refractivity contribution in [3.05, 3.63) is 70.6 Å². The molecule has 1 aromatic carbocycles. The van der Waals surface area contributed by atoms with Gasteiger partial charge in [-0.1, -0.05) is 39.0 Å². The number of carbonyl (C=O) groups excluding carboxylic acids is 1. The lowest BCUT2D eigenvalue weighted by molar-refractivity contribution is 0.0975. The Balaban J connectivity index is 2.09. The SMILES string of the molecule is CC(C)(C)CN(C(=O)c1c[nH]c2ccccc2c1=O)c1ccccn1. The van der Waals surface area contributed by atoms with Gasteiger partial charge in [-0.3, -0.25) is 14.5 Å². The number of carbonyl (C=O) groups is 1. The Hall–Kier alpha value is -2.95. The molecule has 0 aliphatic heterocycles. The van der Waals surface area contributed by atoms with Crippen LogP contribution >= 0.6 is 0 Å². The molecule has 25 heavy (non-hydrogen) atoms. The molecule has 0 unspecified atom stereocenters. The van der Waals surface area contributed by atoms with Crippen LogP contribution < -0.4 is 10.3 Å². The second-order valence-corrected chi connectivity index (χ2v) is 7.22. The summed E-state index contributed by atoms with van der Waals surface area (Å²) < 4.78 is 0. The summed E-state index contributed by atoms with van der Waals surface area (Å²) in [6, 6.07) is 12.6. The number of aromatic nitrogens is 2. The van der Waals surface area contributed by atoms with E-state index in [0.29, 0.717) is 23.3 Å². The van der Waals surface area contributed by atoms with Crippen LogP contribution in [0.25, 0.3) is 10.9 Å². The number of benzene rings is 1. The Morgan fingerprint density at radius 1 is 1.12 bits per heavy atom. The highest BCUT2D eigenvalue weighted by Crippen LogP contribution is 2.21. The quantitative estimate of drug-likeness (QED) is 0.795. The maximum absolute atomic E-state index is 13.2. The Bertz CT molecular complexity index is 956. The van der Waals surface area contributed by atoms with Crippen LogP contribution in [0.1, 0.15) is 31.1 Å². The topological polar surface area (TPSA) is 66.1 Å². The molecule has 0 aliphatic rings. The van der Waals surface area contributed by atoms with E-state index < -0.39 is 0 Å². The lowest BCUT2D eigenvalue weighted by Gasteiger charge is -2.29. The normalized spacial score (nSPS) is 11.5. The molecule has 0 aliphatic carbocycles. The van der Waals surface area contributed by atoms with Gasteiger partial charge >= 0.3 is 0 Å². The van der Waals surface area contributed by atoms with Crippen LogP contribution in [0.4, 0.5) is 5.82 Å². The van der Waals surface area contributed by atoms with Gasteiger partial charge in [0.15, 0.2) is 0 Å². The fourth-order valence-electron chi connectivity index (χ4n) is 2.72. The number of pyridine rings is 2. The molecule has 5 nitrogen and oxygen atoms in total. The summed E-state index contributed by atoms with van der Waals surface area (Å²) in [6.07, 6.45) is 3.13. The van der Waals surface area contributed by atoms with Crippen LogP contribution in [0.2, 0.25) is 0 Å². The molecule has 3 aromatic rings. The summed E-state index contributed by atoms with van der Waals surface area (Å²) in [5, 5.41) is 0.505. The summed E-state index contributed by atoms with van der Waals surface area (Å²) in [5.74, 6) is 0.190. The van der Waals surface area contributed by atoms with E-state index in [1.165, 1.54) is 6.20 Å². The molecule has 0 saturated carbocycles. The molecule has 128 valence electrons. The second kappa shape index (κ2) is 6.51. The Morgan fingerprint density at radius 2 is 1.84 bits per heavy atom. The molecule has 0 bridgehead atoms. The molecule has 0 saturated heterocycles. The average Bonchev–Trinajstić information content (AvgIpc) is 2.60. The highest BCUT2D eigenvalue weighted by atomic mass is 16.2. The number of rotatable bonds is 3. The zero-order chi connectivity index (χ0) is 18.0. The van der Waals surface area contributed by atoms with Gasteiger partial charge in [0, 0.05) is 29.8 Å². The maximum atomic E-state index is 13.2. The number of nitrogens with one attached hydrogen (secondary N) is 1. The first kappa shape index (κ1) is 16.9. The fraction of sp³-hybridized carbons (Fsp3) is 0.250. The number of aromatic amines is 1. The Labute approximate surface area is 146 Å². The number of para-hydroxylation sites is 1. The molecule has 3 rings (SSSR count). The van der Waals surface area contributed by atoms with Gasteiger partial charge in [0.05, 0.1) is 0 Å². The van der Waals surface area contributed by atoms with Gasteiger partial charge in [0.25, 0.3) is 5.91 Å². The van der Waals surface area contributed by atoms with E-state index in [2.05, 4.69) is 9.97 Å². The summed E-state index contributed by atoms with van der Waals surface area (Å²) in [4.78, 5) is 34.8. The molecule has 2 heterocycles. The van der Waals surface area contributed by atoms with Crippen molar-refractivity contribution >= 4 is 22.6 Å². The smallest absolute Gasteiger partial charge is 0.264 e. The summed E-state index contributed by atoms with van der Waals surface area (Å²) in [6.45, 7) is 6.58. The predicted octanol–water partition coefficient (Wildman–Crippen LogP) is 3.62. The third-order valence-corrected chi connectivity index (χ3v) is 3.82. The van der Waals surface area contributed by atoms with Crippen molar-refractivity contribution in [1.82, 2.24) is 9.97 Å². The number of hydrogen-bond donors (Lipinski definition) is 1. The van der Waals surface area contributed by atoms with Crippen molar-refractivity contribution in [2.24, 2.45) is 5.41 Å². The number of nitrogens with zero attached hydrogens (tertiary/aromatic N) is 2. The van der Waals surface area contributed by atoms with Crippen LogP contribution in [0.15, 0.2) is 59.7 Å². The molecule has 0 fully saturated rings. The zero-order valence-corrected chi connectivity index (χ0v) is 14.6. The molecular weight excluding hydrogens is 314 g/mol. The lowest BCUT2D eigenvalue weighted by atomic mass is 9.95. The van der Waals surface area contributed by atoms with Gasteiger partial charge in [0.2, 0.25) is 5.43 Å². The van der Waals surface area contributed by atoms with Crippen molar-refractivity contribution in [2.75, 3.05) is 11.4 Å². The minimum absolute atomic E-state index is 0.119. The number of H-pyrrole nitrogens is 1. The molecule has 5 heteroatoms. The van der Waals surface area contributed by atoms with E-state index in [1.807, 2.05) is 39.0 Å². The number of anilines is 1. The van der Waals surface area contributed by atoms with E-state index in [1.54, 1.807) is 35.4 Å². The average molecular weight is 335 g/mol. The summed E-state index contributed by atoms with van der Waals surface area (Å²) in [7, 11) is 0. The van der Waals surface area contributed by atoms with Crippen molar-refractivity contribution in [3.63, 3.8) is 0 Å². The molecule has 0 radical (unpaired) electrons. The molecule has 1 amide bonds. The number of fused-ring (bicyclic) bond motifs is 1. The zero-order valence-electron chi connectivity index (χ0n) is 14.6. The van der Waals surface area contributed by atoms with Gasteiger partial charge in [-0.25, -0.2) is 4.98 Å². The lowest BCUT2D eigenvalue weighted by Crippen LogP contribution is -2.40. The highest BCUT2D eigenvalue weighted by Gasteiger charge is 2.26. The molecule has 0 atom stereocenters. The van der Waals surface area contributed by atoms with E-state index >= 15 is 0 Å². The monoisotopic (exact) mass is 335 g/mol. The maximum Gasteiger partial charge on any atom is 0.264 e. The van der Waals surface area contributed by atoms with Gasteiger partial charge in [-0.2, -0.15) is 0 Å². The third-order valence-electron chi connectivity index (χ3n) is 3.82. The van der Waals surface area contributed by atoms with Crippen molar-refractivity contribution in [1.29, 1.82) is 0 Å². The first-order valence-electron chi connectivity index (χ1n) is 8.20. The first-order valence-corrected chi connectivity index (χ1v) is 8.20. The Kier molecular flexibility index (Phi) is 4.40. The minimum Gasteiger partial charge on any atom is -0.360 e. The van der Waals surface area contributed by atoms with E-state index in [9.17, 15) is 9.59 Å². The van der Waals surface area contributed by atoms with E-state index in [0.717, 1.165) is 0 Å². The standard InChI is InChI=1S/C20H21N3O2/c1-20(2,3)13-23(17-10-6-7-11-21-17)19(25)15-12-22-16-9-5-4-8-14(16)18(15)24/h4-12H,13H2,1-3H3,(H,22,24). The minimum atomic E-state index is -0.347. The van der Waals surface area contributed by atoms with Gasteiger partial charge in [0.1, 0.15) is 11.4 Å². The van der Waals surface area contributed by atoms with E-state index in [-0.39, 0.29) is 22.3 Å². The predicted molar refractivity (Wildman–Crippen MR) is 99.9 cm³/mol. The number of amides is 1. The van der Waals surface area contributed by atoms with Gasteiger partial charge in [-0.15, -0.1) is 0 Å². The van der Waals surface area contributed by atoms with E-state index in [4.69, 9.17) is 0 Å². The highest BCUT2D eigenvalue weighted by molar-refractivity contribution is 6.06. The Morgan fingerprint density at radius 3 is 2.52 bits per heavy atom. The van der Waals surface area contributed by atoms with Crippen molar-refractivity contribution in [2.45, 2.75) is 20.8 Å². The van der Waals surface area contributed by atoms with Crippen molar-refractivity contribution < 1.29 is 4.79 Å². The van der Waals surface area contributed by atoms with Gasteiger partial charge < -0.3 is 4.98 Å². The fourth-order valence-corrected chi connectivity index (χ4v) is 2.72. The first-order chi connectivity index (χ1) is 11.9. The molecule has 1 N–H and O–H groups in total. The van der Waals surface area contributed by atoms with Crippen LogP contribution in [0, 0.1) is 5.41 Å². The molecule has 2 aromatic heterocycles. The van der Waals surface area contributed by atoms with Crippen LogP contribution in [-0.4, -0.2) is 22.4 Å². The summed E-state index contributed by atoms with van der Waals surface area (Å²) in [5.41, 5.74) is 0.420. The van der Waals surface area contributed by atoms with Crippen LogP contribution in [0.3, 0.4) is 0 Å². The van der Waals surface area contributed by atoms with Gasteiger partial charge in [-0.05, 0) is 29.7 Å². The second-order valence-electron chi connectivity index (χ2n) is 7.22. The number of hydrogen-bond acceptors (Lipinski definition) is 3. The molecular formula is C20H21N3O2. The third kappa shape index (κ3) is 3.60.